The van der Waals surface area contributed by atoms with Gasteiger partial charge in [-0.1, -0.05) is 133 Å². The van der Waals surface area contributed by atoms with Gasteiger partial charge in [0.2, 0.25) is 0 Å². The fraction of sp³-hybridized carbons (Fsp3) is 0. The molecule has 9 aromatic carbocycles. The molecule has 0 saturated carbocycles. The monoisotopic (exact) mass is 788 g/mol. The minimum Gasteiger partial charge on any atom is -0.455 e. The molecular formula is C54H32N2OS. The van der Waals surface area contributed by atoms with Crippen LogP contribution in [0.5, 0.6) is 0 Å². The largest absolute Gasteiger partial charge is 0.455 e. The smallest absolute Gasteiger partial charge is 0.143 e. The lowest BCUT2D eigenvalue weighted by molar-refractivity contribution is 0.670. The second kappa shape index (κ2) is 12.1. The van der Waals surface area contributed by atoms with Crippen molar-refractivity contribution in [3.05, 3.63) is 193 Å². The second-order valence-corrected chi connectivity index (χ2v) is 13.8. The summed E-state index contributed by atoms with van der Waals surface area (Å²) < 4.78 is 301. The molecule has 13 aromatic rings. The Bertz CT molecular complexity index is 5670. The number of furan rings is 1. The van der Waals surface area contributed by atoms with Crippen LogP contribution >= 0.6 is 11.3 Å². The van der Waals surface area contributed by atoms with E-state index < -0.39 is 303 Å². The molecule has 0 N–H and O–H groups in total. The summed E-state index contributed by atoms with van der Waals surface area (Å²) in [5.41, 5.74) is -8.73. The van der Waals surface area contributed by atoms with Crippen molar-refractivity contribution in [3.63, 3.8) is 0 Å². The molecule has 0 radical (unpaired) electrons. The van der Waals surface area contributed by atoms with E-state index in [0.29, 0.717) is 15.9 Å². The minimum absolute atomic E-state index is 0.256. The summed E-state index contributed by atoms with van der Waals surface area (Å²) >= 11 is 0.571. The lowest BCUT2D eigenvalue weighted by Gasteiger charge is -2.13. The molecule has 0 unspecified atom stereocenters. The van der Waals surface area contributed by atoms with Crippen LogP contribution in [-0.4, -0.2) is 9.13 Å². The van der Waals surface area contributed by atoms with Crippen LogP contribution in [0.25, 0.3) is 119 Å². The first-order valence-electron chi connectivity index (χ1n) is 33.2. The number of fused-ring (bicyclic) bond motifs is 12. The minimum atomic E-state index is -1.15. The second-order valence-electron chi connectivity index (χ2n) is 12.8. The Morgan fingerprint density at radius 2 is 1.03 bits per heavy atom. The van der Waals surface area contributed by atoms with Crippen molar-refractivity contribution in [2.75, 3.05) is 0 Å². The van der Waals surface area contributed by atoms with Crippen molar-refractivity contribution < 1.29 is 48.3 Å². The first-order chi connectivity index (χ1) is 42.1. The van der Waals surface area contributed by atoms with Gasteiger partial charge in [0.15, 0.2) is 0 Å². The SMILES string of the molecule is [2H]c1c([2H])c([2H])c(-n2c3c([2H])c([2H])c([2H])c([2H])c3c3c([2H])c([2H])c([2H])c(-c4c([2H])c([2H])c5c(c4[2H])c4c([2H])c([2H])c([2H])c([2H])c4n5-c4c([2H])c(-c5c([2H])c([2H])c([2H])c6c5oc5c([2H])c([2H])c([2H])c([2H])c56)c5sc6c([2H])c([2H])c([2H])c([2H])c6c5c4[2H])c32)c([2H])c1[2H]. The third kappa shape index (κ3) is 4.43. The topological polar surface area (TPSA) is 23.0 Å². The molecule has 0 amide bonds. The van der Waals surface area contributed by atoms with Gasteiger partial charge in [0, 0.05) is 80.6 Å². The van der Waals surface area contributed by atoms with Crippen LogP contribution in [0.3, 0.4) is 0 Å². The van der Waals surface area contributed by atoms with E-state index in [0.717, 1.165) is 4.57 Å². The summed E-state index contributed by atoms with van der Waals surface area (Å²) in [6.07, 6.45) is 0. The number of rotatable bonds is 4. The van der Waals surface area contributed by atoms with Crippen LogP contribution in [0, 0.1) is 0 Å². The van der Waals surface area contributed by atoms with E-state index in [1.165, 1.54) is 0 Å². The lowest BCUT2D eigenvalue weighted by Crippen LogP contribution is -1.96. The number of nitrogens with zero attached hydrogens (tertiary/aromatic N) is 2. The third-order valence-electron chi connectivity index (χ3n) is 9.79. The number of thiophene rings is 1. The van der Waals surface area contributed by atoms with Gasteiger partial charge in [-0.2, -0.15) is 0 Å². The van der Waals surface area contributed by atoms with Crippen LogP contribution < -0.4 is 0 Å². The van der Waals surface area contributed by atoms with E-state index in [2.05, 4.69) is 0 Å². The first-order valence-corrected chi connectivity index (χ1v) is 18.0. The fourth-order valence-corrected chi connectivity index (χ4v) is 8.50. The van der Waals surface area contributed by atoms with Gasteiger partial charge in [-0.25, -0.2) is 0 Å². The van der Waals surface area contributed by atoms with Crippen molar-refractivity contribution >= 4 is 97.1 Å². The zero-order valence-corrected chi connectivity index (χ0v) is 29.5. The van der Waals surface area contributed by atoms with E-state index in [9.17, 15) is 17.8 Å². The van der Waals surface area contributed by atoms with Gasteiger partial charge < -0.3 is 13.6 Å². The summed E-state index contributed by atoms with van der Waals surface area (Å²) in [6.45, 7) is 0. The summed E-state index contributed by atoms with van der Waals surface area (Å²) in [5, 5.41) is -4.38. The molecule has 58 heavy (non-hydrogen) atoms. The van der Waals surface area contributed by atoms with Gasteiger partial charge in [-0.3, -0.25) is 0 Å². The molecule has 270 valence electrons. The molecule has 0 spiro atoms. The quantitative estimate of drug-likeness (QED) is 0.174. The highest BCUT2D eigenvalue weighted by Gasteiger charge is 2.22. The maximum Gasteiger partial charge on any atom is 0.143 e. The highest BCUT2D eigenvalue weighted by atomic mass is 32.1. The average molecular weight is 789 g/mol. The standard InChI is InChI=1S/C54H32N2OS/c1-2-14-34(15-3-1)56-48-25-9-4-16-37(48)41-21-12-20-36(52(41)56)33-28-29-49-44(30-33)38-17-5-8-24-47(38)55(49)35-31-45-40-19-7-11-27-51(40)58-54(45)46(32-35)43-23-13-22-42-39-18-6-10-26-50(39)57-53(42)43/h1-32H/i1D,2D,3D,4D,5D,6D,7D,8D,9D,10D,11D,12D,13D,14D,15D,16D,17D,18D,19D,20D,21D,22D,23D,24D,25D,26D,27D,28D,29D,30D,31D,32D. The maximum atomic E-state index is 10.4. The van der Waals surface area contributed by atoms with E-state index in [1.807, 2.05) is 0 Å². The van der Waals surface area contributed by atoms with Crippen molar-refractivity contribution in [2.45, 2.75) is 0 Å². The molecule has 0 saturated heterocycles. The van der Waals surface area contributed by atoms with Gasteiger partial charge >= 0.3 is 0 Å². The predicted molar refractivity (Wildman–Crippen MR) is 246 cm³/mol. The first kappa shape index (κ1) is 13.9. The summed E-state index contributed by atoms with van der Waals surface area (Å²) in [5.74, 6) is 0. The van der Waals surface area contributed by atoms with Crippen molar-refractivity contribution in [1.82, 2.24) is 9.13 Å². The number of hydrogen-bond acceptors (Lipinski definition) is 2. The molecule has 0 atom stereocenters. The van der Waals surface area contributed by atoms with Gasteiger partial charge in [-0.05, 0) is 66.0 Å². The Labute approximate surface area is 381 Å². The number of benzene rings is 9. The Morgan fingerprint density at radius 1 is 0.397 bits per heavy atom. The van der Waals surface area contributed by atoms with Gasteiger partial charge in [-0.15, -0.1) is 11.3 Å². The lowest BCUT2D eigenvalue weighted by atomic mass is 9.99. The van der Waals surface area contributed by atoms with Crippen LogP contribution in [0.1, 0.15) is 43.9 Å². The van der Waals surface area contributed by atoms with E-state index >= 15 is 0 Å². The van der Waals surface area contributed by atoms with E-state index in [4.69, 9.17) is 30.5 Å². The molecule has 0 aliphatic rings. The molecule has 13 rings (SSSR count). The molecular weight excluding hydrogens is 725 g/mol. The Balaban J connectivity index is 1.30. The van der Waals surface area contributed by atoms with Crippen LogP contribution in [0.4, 0.5) is 0 Å². The molecule has 0 fully saturated rings. The Hall–Kier alpha value is -7.40. The zero-order chi connectivity index (χ0) is 65.7. The normalized spacial score (nSPS) is 19.9. The molecule has 4 heteroatoms. The van der Waals surface area contributed by atoms with Crippen molar-refractivity contribution in [1.29, 1.82) is 0 Å². The van der Waals surface area contributed by atoms with E-state index in [-0.39, 0.29) is 9.40 Å². The fourth-order valence-electron chi connectivity index (χ4n) is 7.43. The number of hydrogen-bond donors (Lipinski definition) is 0. The maximum absolute atomic E-state index is 10.4. The van der Waals surface area contributed by atoms with Crippen molar-refractivity contribution in [2.24, 2.45) is 0 Å². The molecule has 4 heterocycles. The molecule has 0 aliphatic carbocycles. The average Bonchev–Trinajstić information content (AvgIpc) is 1.51. The number of aromatic nitrogens is 2. The van der Waals surface area contributed by atoms with Crippen molar-refractivity contribution in [3.8, 4) is 33.6 Å². The number of para-hydroxylation sites is 6. The van der Waals surface area contributed by atoms with Gasteiger partial charge in [0.25, 0.3) is 0 Å². The molecule has 0 bridgehead atoms. The highest BCUT2D eigenvalue weighted by molar-refractivity contribution is 7.26. The molecule has 3 nitrogen and oxygen atoms in total. The summed E-state index contributed by atoms with van der Waals surface area (Å²) in [7, 11) is 0. The summed E-state index contributed by atoms with van der Waals surface area (Å²) in [4.78, 5) is 0. The molecule has 4 aromatic heterocycles. The predicted octanol–water partition coefficient (Wildman–Crippen LogP) is 15.5. The van der Waals surface area contributed by atoms with Gasteiger partial charge in [0.05, 0.1) is 65.9 Å². The van der Waals surface area contributed by atoms with Crippen LogP contribution in [0.2, 0.25) is 0 Å². The van der Waals surface area contributed by atoms with Crippen LogP contribution in [0.15, 0.2) is 198 Å². The highest BCUT2D eigenvalue weighted by Crippen LogP contribution is 2.46. The third-order valence-corrected chi connectivity index (χ3v) is 10.9. The molecule has 0 aliphatic heterocycles. The zero-order valence-electron chi connectivity index (χ0n) is 60.7. The Morgan fingerprint density at radius 3 is 1.88 bits per heavy atom. The Kier molecular flexibility index (Phi) is 2.89. The summed E-state index contributed by atoms with van der Waals surface area (Å²) in [6, 6.07) is -29.3. The van der Waals surface area contributed by atoms with Gasteiger partial charge in [0.1, 0.15) is 11.2 Å². The van der Waals surface area contributed by atoms with E-state index in [1.54, 1.807) is 0 Å². The van der Waals surface area contributed by atoms with Crippen LogP contribution in [-0.2, 0) is 0 Å².